The van der Waals surface area contributed by atoms with Crippen LogP contribution in [0.4, 0.5) is 5.69 Å². The third-order valence-corrected chi connectivity index (χ3v) is 4.28. The number of anilines is 1. The van der Waals surface area contributed by atoms with Crippen molar-refractivity contribution in [1.29, 1.82) is 0 Å². The van der Waals surface area contributed by atoms with E-state index in [1.54, 1.807) is 4.68 Å². The average molecular weight is 344 g/mol. The zero-order valence-electron chi connectivity index (χ0n) is 14.7. The molecule has 0 atom stereocenters. The summed E-state index contributed by atoms with van der Waals surface area (Å²) < 4.78 is 3.47. The zero-order valence-corrected chi connectivity index (χ0v) is 15.5. The summed E-state index contributed by atoms with van der Waals surface area (Å²) in [6, 6.07) is 9.56. The van der Waals surface area contributed by atoms with Gasteiger partial charge in [-0.3, -0.25) is 9.48 Å². The molecule has 0 aliphatic carbocycles. The average Bonchev–Trinajstić information content (AvgIpc) is 2.76. The van der Waals surface area contributed by atoms with Gasteiger partial charge in [-0.05, 0) is 45.1 Å². The molecule has 0 bridgehead atoms. The Morgan fingerprint density at radius 1 is 1.33 bits per heavy atom. The second-order valence-corrected chi connectivity index (χ2v) is 6.22. The Balaban J connectivity index is 2.37. The van der Waals surface area contributed by atoms with E-state index in [0.29, 0.717) is 17.3 Å². The molecule has 0 saturated heterocycles. The lowest BCUT2D eigenvalue weighted by Gasteiger charge is -2.24. The number of rotatable bonds is 5. The highest BCUT2D eigenvalue weighted by molar-refractivity contribution is 7.80. The van der Waals surface area contributed by atoms with Crippen LogP contribution in [-0.4, -0.2) is 32.5 Å². The molecule has 0 saturated carbocycles. The fourth-order valence-electron chi connectivity index (χ4n) is 2.55. The number of benzene rings is 1. The van der Waals surface area contributed by atoms with Crippen LogP contribution in [0.5, 0.6) is 0 Å². The first kappa shape index (κ1) is 18.0. The number of aromatic nitrogens is 2. The van der Waals surface area contributed by atoms with Crippen molar-refractivity contribution in [3.63, 3.8) is 0 Å². The van der Waals surface area contributed by atoms with E-state index < -0.39 is 0 Å². The molecule has 0 fully saturated rings. The molecule has 2 rings (SSSR count). The first-order valence-corrected chi connectivity index (χ1v) is 8.32. The predicted molar refractivity (Wildman–Crippen MR) is 104 cm³/mol. The number of nitrogens with zero attached hydrogens (tertiary/aromatic N) is 3. The molecule has 0 aliphatic heterocycles. The summed E-state index contributed by atoms with van der Waals surface area (Å²) in [5, 5.41) is 3.66. The molecule has 0 unspecified atom stereocenters. The van der Waals surface area contributed by atoms with E-state index in [9.17, 15) is 4.79 Å². The molecule has 5 nitrogen and oxygen atoms in total. The summed E-state index contributed by atoms with van der Waals surface area (Å²) in [5.41, 5.74) is 3.06. The van der Waals surface area contributed by atoms with Crippen molar-refractivity contribution in [2.45, 2.75) is 20.8 Å². The fourth-order valence-corrected chi connectivity index (χ4v) is 2.85. The lowest BCUT2D eigenvalue weighted by Crippen LogP contribution is -2.37. The van der Waals surface area contributed by atoms with Gasteiger partial charge in [0.2, 0.25) is 0 Å². The van der Waals surface area contributed by atoms with Gasteiger partial charge in [0.15, 0.2) is 5.11 Å². The lowest BCUT2D eigenvalue weighted by atomic mass is 10.3. The van der Waals surface area contributed by atoms with Gasteiger partial charge < -0.3 is 10.2 Å². The number of nitrogens with one attached hydrogen (secondary N) is 1. The number of likely N-dealkylation sites (N-methyl/N-ethyl adjacent to an activating group) is 1. The zero-order chi connectivity index (χ0) is 17.9. The second-order valence-electron chi connectivity index (χ2n) is 5.84. The molecule has 1 heterocycles. The van der Waals surface area contributed by atoms with Crippen LogP contribution in [0.3, 0.4) is 0 Å². The van der Waals surface area contributed by atoms with Crippen molar-refractivity contribution in [3.8, 4) is 5.69 Å². The van der Waals surface area contributed by atoms with Crippen molar-refractivity contribution in [2.24, 2.45) is 7.05 Å². The van der Waals surface area contributed by atoms with Gasteiger partial charge >= 0.3 is 0 Å². The van der Waals surface area contributed by atoms with E-state index >= 15 is 0 Å². The van der Waals surface area contributed by atoms with Crippen molar-refractivity contribution in [2.75, 3.05) is 18.4 Å². The molecule has 2 aromatic rings. The lowest BCUT2D eigenvalue weighted by molar-refractivity contribution is 0.485. The van der Waals surface area contributed by atoms with Crippen LogP contribution in [0.1, 0.15) is 19.5 Å². The van der Waals surface area contributed by atoms with Crippen molar-refractivity contribution < 1.29 is 0 Å². The van der Waals surface area contributed by atoms with Gasteiger partial charge in [-0.1, -0.05) is 30.4 Å². The van der Waals surface area contributed by atoms with Gasteiger partial charge in [-0.15, -0.1) is 0 Å². The van der Waals surface area contributed by atoms with Crippen LogP contribution >= 0.6 is 12.2 Å². The molecule has 0 amide bonds. The van der Waals surface area contributed by atoms with Crippen LogP contribution in [0.25, 0.3) is 5.69 Å². The van der Waals surface area contributed by atoms with Crippen LogP contribution in [-0.2, 0) is 7.05 Å². The maximum atomic E-state index is 12.9. The molecule has 128 valence electrons. The van der Waals surface area contributed by atoms with E-state index in [-0.39, 0.29) is 5.56 Å². The van der Waals surface area contributed by atoms with Gasteiger partial charge in [0.25, 0.3) is 5.56 Å². The molecule has 1 aromatic heterocycles. The first-order chi connectivity index (χ1) is 11.4. The quantitative estimate of drug-likeness (QED) is 0.669. The Morgan fingerprint density at radius 2 is 1.96 bits per heavy atom. The Kier molecular flexibility index (Phi) is 5.62. The van der Waals surface area contributed by atoms with E-state index in [1.807, 2.05) is 67.7 Å². The van der Waals surface area contributed by atoms with Crippen LogP contribution < -0.4 is 10.9 Å². The topological polar surface area (TPSA) is 42.2 Å². The summed E-state index contributed by atoms with van der Waals surface area (Å²) in [6.45, 7) is 11.2. The fraction of sp³-hybridized carbons (Fsp3) is 0.333. The highest BCUT2D eigenvalue weighted by Gasteiger charge is 2.18. The SMILES string of the molecule is C=C(C)CN(CC)C(=S)Nc1c(C)n(C)n(-c2ccccc2)c1=O. The number of thiocarbonyl (C=S) groups is 1. The van der Waals surface area contributed by atoms with Crippen molar-refractivity contribution in [3.05, 3.63) is 58.5 Å². The Bertz CT molecular complexity index is 804. The minimum Gasteiger partial charge on any atom is -0.345 e. The largest absolute Gasteiger partial charge is 0.345 e. The highest BCUT2D eigenvalue weighted by atomic mass is 32.1. The predicted octanol–water partition coefficient (Wildman–Crippen LogP) is 3.08. The standard InChI is InChI=1S/C18H24N4OS/c1-6-21(12-13(2)3)18(24)19-16-14(4)20(5)22(17(16)23)15-10-8-7-9-11-15/h7-11H,2,6,12H2,1,3-5H3,(H,19,24). The van der Waals surface area contributed by atoms with Gasteiger partial charge in [0.05, 0.1) is 11.4 Å². The van der Waals surface area contributed by atoms with Crippen molar-refractivity contribution >= 4 is 23.0 Å². The molecular formula is C18H24N4OS. The molecular weight excluding hydrogens is 320 g/mol. The molecule has 1 aromatic carbocycles. The van der Waals surface area contributed by atoms with Crippen LogP contribution in [0.15, 0.2) is 47.3 Å². The third-order valence-electron chi connectivity index (χ3n) is 3.92. The van der Waals surface area contributed by atoms with Gasteiger partial charge in [-0.2, -0.15) is 0 Å². The minimum absolute atomic E-state index is 0.116. The Hall–Kier alpha value is -2.34. The summed E-state index contributed by atoms with van der Waals surface area (Å²) in [5.74, 6) is 0. The summed E-state index contributed by atoms with van der Waals surface area (Å²) in [4.78, 5) is 14.8. The van der Waals surface area contributed by atoms with Crippen LogP contribution in [0, 0.1) is 6.92 Å². The third kappa shape index (κ3) is 3.59. The van der Waals surface area contributed by atoms with Crippen molar-refractivity contribution in [1.82, 2.24) is 14.3 Å². The molecule has 0 spiro atoms. The molecule has 0 radical (unpaired) electrons. The van der Waals surface area contributed by atoms with Gasteiger partial charge in [0, 0.05) is 20.1 Å². The highest BCUT2D eigenvalue weighted by Crippen LogP contribution is 2.14. The second kappa shape index (κ2) is 7.49. The molecule has 1 N–H and O–H groups in total. The number of hydrogen-bond acceptors (Lipinski definition) is 2. The van der Waals surface area contributed by atoms with Crippen LogP contribution in [0.2, 0.25) is 0 Å². The monoisotopic (exact) mass is 344 g/mol. The summed E-state index contributed by atoms with van der Waals surface area (Å²) >= 11 is 5.48. The summed E-state index contributed by atoms with van der Waals surface area (Å²) in [7, 11) is 1.86. The smallest absolute Gasteiger partial charge is 0.295 e. The van der Waals surface area contributed by atoms with Gasteiger partial charge in [-0.25, -0.2) is 4.68 Å². The normalized spacial score (nSPS) is 10.5. The van der Waals surface area contributed by atoms with E-state index in [2.05, 4.69) is 11.9 Å². The van der Waals surface area contributed by atoms with E-state index in [0.717, 1.165) is 23.5 Å². The number of para-hydroxylation sites is 1. The molecule has 0 aliphatic rings. The maximum absolute atomic E-state index is 12.9. The van der Waals surface area contributed by atoms with E-state index in [1.165, 1.54) is 0 Å². The van der Waals surface area contributed by atoms with Gasteiger partial charge in [0.1, 0.15) is 5.69 Å². The number of hydrogen-bond donors (Lipinski definition) is 1. The molecule has 24 heavy (non-hydrogen) atoms. The Morgan fingerprint density at radius 3 is 2.50 bits per heavy atom. The minimum atomic E-state index is -0.116. The molecule has 6 heteroatoms. The first-order valence-electron chi connectivity index (χ1n) is 7.91. The van der Waals surface area contributed by atoms with E-state index in [4.69, 9.17) is 12.2 Å². The summed E-state index contributed by atoms with van der Waals surface area (Å²) in [6.07, 6.45) is 0. The maximum Gasteiger partial charge on any atom is 0.295 e. The Labute approximate surface area is 148 Å².